The molecule has 5 heterocycles. The molecule has 1 aliphatic heterocycles. The molecule has 0 spiro atoms. The average Bonchev–Trinajstić information content (AvgIpc) is 3.49. The monoisotopic (exact) mass is 439 g/mol. The minimum atomic E-state index is -2.64. The van der Waals surface area contributed by atoms with Crippen molar-refractivity contribution in [2.75, 3.05) is 6.54 Å². The van der Waals surface area contributed by atoms with Crippen LogP contribution in [-0.4, -0.2) is 47.1 Å². The van der Waals surface area contributed by atoms with Crippen LogP contribution in [0, 0.1) is 0 Å². The van der Waals surface area contributed by atoms with Gasteiger partial charge < -0.3 is 14.3 Å². The van der Waals surface area contributed by atoms with Gasteiger partial charge in [-0.3, -0.25) is 4.79 Å². The molecule has 0 bridgehead atoms. The number of nitrogens with one attached hydrogen (secondary N) is 1. The fourth-order valence-corrected chi connectivity index (χ4v) is 4.43. The van der Waals surface area contributed by atoms with Crippen molar-refractivity contribution in [3.8, 4) is 0 Å². The second-order valence-electron chi connectivity index (χ2n) is 8.15. The van der Waals surface area contributed by atoms with Crippen molar-refractivity contribution in [2.45, 2.75) is 44.1 Å². The van der Waals surface area contributed by atoms with E-state index >= 15 is 0 Å². The summed E-state index contributed by atoms with van der Waals surface area (Å²) in [7, 11) is 0. The Bertz CT molecular complexity index is 1310. The summed E-state index contributed by atoms with van der Waals surface area (Å²) in [5.41, 5.74) is 2.12. The number of halogens is 2. The zero-order valence-corrected chi connectivity index (χ0v) is 16.9. The Hall–Kier alpha value is -3.63. The van der Waals surface area contributed by atoms with Crippen molar-refractivity contribution >= 4 is 11.4 Å². The van der Waals surface area contributed by atoms with Crippen molar-refractivity contribution < 1.29 is 18.0 Å². The lowest BCUT2D eigenvalue weighted by Crippen LogP contribution is -2.41. The zero-order chi connectivity index (χ0) is 21.8. The summed E-state index contributed by atoms with van der Waals surface area (Å²) < 4.78 is 34.1. The van der Waals surface area contributed by atoms with Gasteiger partial charge in [-0.1, -0.05) is 6.42 Å². The van der Waals surface area contributed by atoms with Crippen molar-refractivity contribution in [3.63, 3.8) is 0 Å². The highest BCUT2D eigenvalue weighted by Crippen LogP contribution is 2.37. The predicted molar refractivity (Wildman–Crippen MR) is 106 cm³/mol. The Balaban J connectivity index is 1.42. The number of H-pyrrole nitrogens is 1. The highest BCUT2D eigenvalue weighted by Gasteiger charge is 2.39. The minimum absolute atomic E-state index is 0.0760. The third-order valence-electron chi connectivity index (χ3n) is 6.33. The fourth-order valence-electron chi connectivity index (χ4n) is 4.43. The van der Waals surface area contributed by atoms with E-state index in [4.69, 9.17) is 4.42 Å². The average molecular weight is 439 g/mol. The Morgan fingerprint density at radius 1 is 1.28 bits per heavy atom. The van der Waals surface area contributed by atoms with Crippen LogP contribution in [0.2, 0.25) is 0 Å². The van der Waals surface area contributed by atoms with Gasteiger partial charge in [0.15, 0.2) is 0 Å². The normalized spacial score (nSPS) is 18.8. The Labute approximate surface area is 180 Å². The summed E-state index contributed by atoms with van der Waals surface area (Å²) >= 11 is 0. The van der Waals surface area contributed by atoms with Crippen molar-refractivity contribution in [1.82, 2.24) is 34.7 Å². The van der Waals surface area contributed by atoms with E-state index in [-0.39, 0.29) is 22.9 Å². The summed E-state index contributed by atoms with van der Waals surface area (Å²) in [5.74, 6) is 0.203. The van der Waals surface area contributed by atoms with E-state index < -0.39 is 18.4 Å². The standard InChI is InChI=1S/C21H19F2N7O2/c22-18(23)12-5-2-7-30-15(12)9-14(28-30)17-16-13(24-10-25-16)6-8-29(17)21(31)20-27-26-19(32-20)11-3-1-4-11/h2,5,7,9-11,17-18H,1,3-4,6,8H2,(H,24,25). The number of amides is 1. The molecule has 11 heteroatoms. The molecular formula is C21H19F2N7O2. The van der Waals surface area contributed by atoms with Crippen LogP contribution in [0.4, 0.5) is 8.78 Å². The SMILES string of the molecule is O=C(c1nnc(C2CCC2)o1)N1CCc2[nH]cnc2C1c1cc2c(C(F)F)cccn2n1. The van der Waals surface area contributed by atoms with Crippen LogP contribution in [-0.2, 0) is 6.42 Å². The van der Waals surface area contributed by atoms with Gasteiger partial charge in [-0.05, 0) is 31.0 Å². The smallest absolute Gasteiger partial charge is 0.312 e. The minimum Gasteiger partial charge on any atom is -0.417 e. The number of hydrogen-bond donors (Lipinski definition) is 1. The molecule has 0 radical (unpaired) electrons. The van der Waals surface area contributed by atoms with Crippen LogP contribution in [0.25, 0.3) is 5.52 Å². The number of rotatable bonds is 4. The van der Waals surface area contributed by atoms with E-state index in [2.05, 4.69) is 25.3 Å². The second kappa shape index (κ2) is 7.21. The molecule has 32 heavy (non-hydrogen) atoms. The molecule has 6 rings (SSSR count). The molecule has 164 valence electrons. The molecule has 1 N–H and O–H groups in total. The lowest BCUT2D eigenvalue weighted by molar-refractivity contribution is 0.0642. The fraction of sp³-hybridized carbons (Fsp3) is 0.381. The van der Waals surface area contributed by atoms with E-state index in [1.54, 1.807) is 23.5 Å². The third kappa shape index (κ3) is 2.91. The number of aromatic nitrogens is 6. The number of carbonyl (C=O) groups excluding carboxylic acids is 1. The molecular weight excluding hydrogens is 420 g/mol. The van der Waals surface area contributed by atoms with Crippen LogP contribution in [0.5, 0.6) is 0 Å². The molecule has 4 aromatic heterocycles. The van der Waals surface area contributed by atoms with Crippen LogP contribution < -0.4 is 0 Å². The van der Waals surface area contributed by atoms with Gasteiger partial charge in [-0.15, -0.1) is 10.2 Å². The molecule has 4 aromatic rings. The second-order valence-corrected chi connectivity index (χ2v) is 8.15. The van der Waals surface area contributed by atoms with Gasteiger partial charge in [0.1, 0.15) is 6.04 Å². The number of aromatic amines is 1. The topological polar surface area (TPSA) is 105 Å². The number of fused-ring (bicyclic) bond motifs is 2. The van der Waals surface area contributed by atoms with Crippen LogP contribution in [0.15, 0.2) is 35.1 Å². The zero-order valence-electron chi connectivity index (χ0n) is 16.9. The molecule has 0 saturated heterocycles. The predicted octanol–water partition coefficient (Wildman–Crippen LogP) is 3.43. The molecule has 9 nitrogen and oxygen atoms in total. The van der Waals surface area contributed by atoms with Crippen molar-refractivity contribution in [3.05, 3.63) is 65.1 Å². The number of nitrogens with zero attached hydrogens (tertiary/aromatic N) is 6. The molecule has 1 atom stereocenters. The van der Waals surface area contributed by atoms with Gasteiger partial charge in [0.25, 0.3) is 6.43 Å². The third-order valence-corrected chi connectivity index (χ3v) is 6.33. The summed E-state index contributed by atoms with van der Waals surface area (Å²) in [5, 5.41) is 12.6. The summed E-state index contributed by atoms with van der Waals surface area (Å²) in [6.45, 7) is 0.370. The lowest BCUT2D eigenvalue weighted by Gasteiger charge is -2.32. The first kappa shape index (κ1) is 19.1. The summed E-state index contributed by atoms with van der Waals surface area (Å²) in [4.78, 5) is 22.5. The highest BCUT2D eigenvalue weighted by molar-refractivity contribution is 5.90. The Kier molecular flexibility index (Phi) is 4.30. The lowest BCUT2D eigenvalue weighted by atomic mass is 9.85. The number of hydrogen-bond acceptors (Lipinski definition) is 6. The van der Waals surface area contributed by atoms with Crippen LogP contribution in [0.3, 0.4) is 0 Å². The van der Waals surface area contributed by atoms with Gasteiger partial charge in [-0.2, -0.15) is 5.10 Å². The maximum atomic E-state index is 13.5. The molecule has 1 aliphatic carbocycles. The van der Waals surface area contributed by atoms with Crippen LogP contribution >= 0.6 is 0 Å². The molecule has 0 aromatic carbocycles. The van der Waals surface area contributed by atoms with E-state index in [0.717, 1.165) is 25.0 Å². The number of pyridine rings is 1. The van der Waals surface area contributed by atoms with E-state index in [1.807, 2.05) is 0 Å². The first-order valence-corrected chi connectivity index (χ1v) is 10.5. The van der Waals surface area contributed by atoms with E-state index in [9.17, 15) is 13.6 Å². The summed E-state index contributed by atoms with van der Waals surface area (Å²) in [6.07, 6.45) is 4.16. The van der Waals surface area contributed by atoms with Gasteiger partial charge in [-0.25, -0.2) is 18.3 Å². The Morgan fingerprint density at radius 3 is 2.94 bits per heavy atom. The van der Waals surface area contributed by atoms with Crippen molar-refractivity contribution in [2.24, 2.45) is 0 Å². The molecule has 1 amide bonds. The number of carbonyl (C=O) groups is 1. The highest BCUT2D eigenvalue weighted by atomic mass is 19.3. The Morgan fingerprint density at radius 2 is 2.16 bits per heavy atom. The van der Waals surface area contributed by atoms with E-state index in [1.165, 1.54) is 16.6 Å². The van der Waals surface area contributed by atoms with Crippen molar-refractivity contribution in [1.29, 1.82) is 0 Å². The first-order chi connectivity index (χ1) is 15.6. The van der Waals surface area contributed by atoms with Gasteiger partial charge >= 0.3 is 11.8 Å². The van der Waals surface area contributed by atoms with Gasteiger partial charge in [0.05, 0.1) is 23.2 Å². The van der Waals surface area contributed by atoms with Gasteiger partial charge in [0, 0.05) is 36.3 Å². The largest absolute Gasteiger partial charge is 0.417 e. The maximum absolute atomic E-state index is 13.5. The maximum Gasteiger partial charge on any atom is 0.312 e. The summed E-state index contributed by atoms with van der Waals surface area (Å²) in [6, 6.07) is 3.82. The molecule has 1 saturated carbocycles. The molecule has 2 aliphatic rings. The number of imidazole rings is 1. The van der Waals surface area contributed by atoms with E-state index in [0.29, 0.717) is 30.2 Å². The molecule has 1 fully saturated rings. The van der Waals surface area contributed by atoms with Gasteiger partial charge in [0.2, 0.25) is 5.89 Å². The number of alkyl halides is 2. The quantitative estimate of drug-likeness (QED) is 0.522. The first-order valence-electron chi connectivity index (χ1n) is 10.5. The van der Waals surface area contributed by atoms with Crippen LogP contribution in [0.1, 0.15) is 76.9 Å². The molecule has 1 unspecified atom stereocenters.